The fourth-order valence-electron chi connectivity index (χ4n) is 4.24. The number of rotatable bonds is 1. The summed E-state index contributed by atoms with van der Waals surface area (Å²) in [4.78, 5) is 0. The van der Waals surface area contributed by atoms with Gasteiger partial charge in [-0.1, -0.05) is 31.2 Å². The Hall–Kier alpha value is -0.890. The van der Waals surface area contributed by atoms with Crippen molar-refractivity contribution in [3.05, 3.63) is 40.8 Å². The molecule has 1 saturated carbocycles. The molecule has 19 heavy (non-hydrogen) atoms. The average molecular weight is 271 g/mol. The number of hydrogen-bond acceptors (Lipinski definition) is 2. The largest absolute Gasteiger partial charge is 0.385 e. The Bertz CT molecular complexity index is 522. The normalized spacial score (nSPS) is 35.8. The fourth-order valence-corrected chi connectivity index (χ4v) is 5.57. The SMILES string of the molecule is CC1CC2SC=CC2C1c1cccc2c1NCCC2. The van der Waals surface area contributed by atoms with Crippen LogP contribution in [0.2, 0.25) is 0 Å². The summed E-state index contributed by atoms with van der Waals surface area (Å²) < 4.78 is 0. The topological polar surface area (TPSA) is 12.0 Å². The van der Waals surface area contributed by atoms with E-state index < -0.39 is 0 Å². The number of thioether (sulfide) groups is 1. The summed E-state index contributed by atoms with van der Waals surface area (Å²) in [6.07, 6.45) is 6.36. The minimum absolute atomic E-state index is 0.719. The molecular weight excluding hydrogens is 250 g/mol. The Morgan fingerprint density at radius 2 is 2.26 bits per heavy atom. The molecule has 4 rings (SSSR count). The van der Waals surface area contributed by atoms with E-state index in [0.717, 1.165) is 29.5 Å². The maximum atomic E-state index is 3.68. The second-order valence-electron chi connectivity index (χ2n) is 6.23. The van der Waals surface area contributed by atoms with Crippen molar-refractivity contribution < 1.29 is 0 Å². The monoisotopic (exact) mass is 271 g/mol. The van der Waals surface area contributed by atoms with Crippen molar-refractivity contribution in [2.24, 2.45) is 11.8 Å². The lowest BCUT2D eigenvalue weighted by Crippen LogP contribution is -2.18. The molecule has 1 fully saturated rings. The molecule has 0 radical (unpaired) electrons. The third kappa shape index (κ3) is 1.84. The van der Waals surface area contributed by atoms with Crippen LogP contribution in [0.25, 0.3) is 0 Å². The summed E-state index contributed by atoms with van der Waals surface area (Å²) in [5, 5.41) is 6.84. The second-order valence-corrected chi connectivity index (χ2v) is 7.38. The molecule has 0 saturated heterocycles. The van der Waals surface area contributed by atoms with E-state index in [1.165, 1.54) is 30.5 Å². The van der Waals surface area contributed by atoms with Crippen LogP contribution in [0.15, 0.2) is 29.7 Å². The van der Waals surface area contributed by atoms with E-state index in [0.29, 0.717) is 0 Å². The van der Waals surface area contributed by atoms with Crippen molar-refractivity contribution in [2.45, 2.75) is 37.4 Å². The van der Waals surface area contributed by atoms with Gasteiger partial charge in [0.2, 0.25) is 0 Å². The molecule has 0 amide bonds. The lowest BCUT2D eigenvalue weighted by atomic mass is 9.81. The molecular formula is C17H21NS. The summed E-state index contributed by atoms with van der Waals surface area (Å²) in [6, 6.07) is 6.95. The van der Waals surface area contributed by atoms with Crippen LogP contribution in [-0.4, -0.2) is 11.8 Å². The number of hydrogen-bond donors (Lipinski definition) is 1. The Morgan fingerprint density at radius 3 is 3.21 bits per heavy atom. The third-order valence-electron chi connectivity index (χ3n) is 5.08. The van der Waals surface area contributed by atoms with E-state index in [4.69, 9.17) is 0 Å². The molecule has 1 N–H and O–H groups in total. The van der Waals surface area contributed by atoms with Gasteiger partial charge in [0.1, 0.15) is 0 Å². The van der Waals surface area contributed by atoms with Gasteiger partial charge in [0, 0.05) is 17.5 Å². The van der Waals surface area contributed by atoms with Gasteiger partial charge >= 0.3 is 0 Å². The quantitative estimate of drug-likeness (QED) is 0.812. The second kappa shape index (κ2) is 4.59. The lowest BCUT2D eigenvalue weighted by molar-refractivity contribution is 0.490. The minimum atomic E-state index is 0.719. The molecule has 100 valence electrons. The van der Waals surface area contributed by atoms with Gasteiger partial charge in [-0.2, -0.15) is 0 Å². The molecule has 0 aromatic heterocycles. The summed E-state index contributed by atoms with van der Waals surface area (Å²) in [5.41, 5.74) is 4.59. The number of benzene rings is 1. The highest BCUT2D eigenvalue weighted by molar-refractivity contribution is 8.03. The lowest BCUT2D eigenvalue weighted by Gasteiger charge is -2.28. The molecule has 1 aliphatic carbocycles. The first-order valence-electron chi connectivity index (χ1n) is 7.52. The van der Waals surface area contributed by atoms with E-state index in [2.05, 4.69) is 53.7 Å². The van der Waals surface area contributed by atoms with Gasteiger partial charge in [0.25, 0.3) is 0 Å². The standard InChI is InChI=1S/C17H21NS/c1-11-10-15-13(7-9-19-15)16(11)14-6-2-4-12-5-3-8-18-17(12)14/h2,4,6-7,9,11,13,15-16,18H,3,5,8,10H2,1H3. The third-order valence-corrected chi connectivity index (χ3v) is 6.25. The first kappa shape index (κ1) is 11.9. The fraction of sp³-hybridized carbons (Fsp3) is 0.529. The molecule has 1 aromatic rings. The predicted octanol–water partition coefficient (Wildman–Crippen LogP) is 4.41. The van der Waals surface area contributed by atoms with Crippen LogP contribution in [0.5, 0.6) is 0 Å². The molecule has 2 heteroatoms. The van der Waals surface area contributed by atoms with Crippen molar-refractivity contribution in [1.29, 1.82) is 0 Å². The smallest absolute Gasteiger partial charge is 0.0408 e. The van der Waals surface area contributed by atoms with Gasteiger partial charge in [-0.3, -0.25) is 0 Å². The van der Waals surface area contributed by atoms with Gasteiger partial charge in [-0.15, -0.1) is 11.8 Å². The van der Waals surface area contributed by atoms with Crippen molar-refractivity contribution in [3.8, 4) is 0 Å². The van der Waals surface area contributed by atoms with Gasteiger partial charge in [0.15, 0.2) is 0 Å². The first-order valence-corrected chi connectivity index (χ1v) is 8.46. The maximum Gasteiger partial charge on any atom is 0.0408 e. The summed E-state index contributed by atoms with van der Waals surface area (Å²) in [5.74, 6) is 2.29. The van der Waals surface area contributed by atoms with E-state index in [1.807, 2.05) is 0 Å². The van der Waals surface area contributed by atoms with E-state index in [-0.39, 0.29) is 0 Å². The molecule has 3 aliphatic rings. The van der Waals surface area contributed by atoms with E-state index in [9.17, 15) is 0 Å². The molecule has 1 aromatic carbocycles. The van der Waals surface area contributed by atoms with Crippen molar-refractivity contribution in [1.82, 2.24) is 0 Å². The zero-order chi connectivity index (χ0) is 12.8. The Balaban J connectivity index is 1.77. The van der Waals surface area contributed by atoms with E-state index in [1.54, 1.807) is 5.56 Å². The number of para-hydroxylation sites is 1. The molecule has 4 unspecified atom stereocenters. The van der Waals surface area contributed by atoms with Crippen LogP contribution in [0.3, 0.4) is 0 Å². The van der Waals surface area contributed by atoms with Gasteiger partial charge in [0.05, 0.1) is 0 Å². The zero-order valence-corrected chi connectivity index (χ0v) is 12.2. The Morgan fingerprint density at radius 1 is 1.32 bits per heavy atom. The summed E-state index contributed by atoms with van der Waals surface area (Å²) in [6.45, 7) is 3.59. The summed E-state index contributed by atoms with van der Waals surface area (Å²) in [7, 11) is 0. The Labute approximate surface area is 119 Å². The van der Waals surface area contributed by atoms with Gasteiger partial charge in [-0.25, -0.2) is 0 Å². The highest BCUT2D eigenvalue weighted by Crippen LogP contribution is 2.54. The van der Waals surface area contributed by atoms with Crippen LogP contribution in [0.1, 0.15) is 36.8 Å². The van der Waals surface area contributed by atoms with Gasteiger partial charge in [-0.05, 0) is 53.6 Å². The molecule has 1 nitrogen and oxygen atoms in total. The number of nitrogens with one attached hydrogen (secondary N) is 1. The zero-order valence-electron chi connectivity index (χ0n) is 11.4. The number of allylic oxidation sites excluding steroid dienone is 1. The van der Waals surface area contributed by atoms with Crippen LogP contribution < -0.4 is 5.32 Å². The molecule has 0 bridgehead atoms. The summed E-state index contributed by atoms with van der Waals surface area (Å²) >= 11 is 2.05. The number of anilines is 1. The van der Waals surface area contributed by atoms with Crippen LogP contribution in [0.4, 0.5) is 5.69 Å². The predicted molar refractivity (Wildman–Crippen MR) is 83.8 cm³/mol. The number of fused-ring (bicyclic) bond motifs is 2. The van der Waals surface area contributed by atoms with Crippen LogP contribution in [0, 0.1) is 11.8 Å². The van der Waals surface area contributed by atoms with Crippen molar-refractivity contribution in [2.75, 3.05) is 11.9 Å². The van der Waals surface area contributed by atoms with Crippen LogP contribution in [-0.2, 0) is 6.42 Å². The van der Waals surface area contributed by atoms with Crippen molar-refractivity contribution in [3.63, 3.8) is 0 Å². The van der Waals surface area contributed by atoms with E-state index >= 15 is 0 Å². The molecule has 2 heterocycles. The first-order chi connectivity index (χ1) is 9.34. The maximum absolute atomic E-state index is 3.68. The highest BCUT2D eigenvalue weighted by atomic mass is 32.2. The molecule has 0 spiro atoms. The molecule has 2 aliphatic heterocycles. The van der Waals surface area contributed by atoms with Crippen molar-refractivity contribution >= 4 is 17.4 Å². The number of aryl methyl sites for hydroxylation is 1. The highest BCUT2D eigenvalue weighted by Gasteiger charge is 2.43. The van der Waals surface area contributed by atoms with Gasteiger partial charge < -0.3 is 5.32 Å². The Kier molecular flexibility index (Phi) is 2.87. The molecule has 4 atom stereocenters. The van der Waals surface area contributed by atoms with Crippen LogP contribution >= 0.6 is 11.8 Å². The average Bonchev–Trinajstić information content (AvgIpc) is 2.98. The minimum Gasteiger partial charge on any atom is -0.385 e.